The maximum Gasteiger partial charge on any atom is 0.338 e. The molecule has 2 rings (SSSR count). The van der Waals surface area contributed by atoms with Gasteiger partial charge in [-0.3, -0.25) is 0 Å². The lowest BCUT2D eigenvalue weighted by Crippen LogP contribution is -2.24. The first-order valence-corrected chi connectivity index (χ1v) is 7.54. The minimum atomic E-state index is -1.69. The van der Waals surface area contributed by atoms with Crippen LogP contribution in [0.15, 0.2) is 59.7 Å². The van der Waals surface area contributed by atoms with Crippen LogP contribution in [0.2, 0.25) is 0 Å². The van der Waals surface area contributed by atoms with Gasteiger partial charge in [0.25, 0.3) is 0 Å². The predicted octanol–water partition coefficient (Wildman–Crippen LogP) is 4.94. The molecule has 0 bridgehead atoms. The van der Waals surface area contributed by atoms with Gasteiger partial charge in [-0.25, -0.2) is 9.18 Å². The van der Waals surface area contributed by atoms with Crippen molar-refractivity contribution in [2.24, 2.45) is 5.11 Å². The van der Waals surface area contributed by atoms with Gasteiger partial charge < -0.3 is 4.74 Å². The van der Waals surface area contributed by atoms with Crippen LogP contribution in [0.25, 0.3) is 21.6 Å². The number of halogens is 1. The summed E-state index contributed by atoms with van der Waals surface area (Å²) in [5.74, 6) is -0.505. The largest absolute Gasteiger partial charge is 0.462 e. The summed E-state index contributed by atoms with van der Waals surface area (Å²) in [5.41, 5.74) is 8.98. The van der Waals surface area contributed by atoms with Gasteiger partial charge >= 0.3 is 5.97 Å². The summed E-state index contributed by atoms with van der Waals surface area (Å²) in [7, 11) is 0. The average Bonchev–Trinajstić information content (AvgIpc) is 2.61. The molecule has 0 fully saturated rings. The maximum atomic E-state index is 13.9. The van der Waals surface area contributed by atoms with Crippen LogP contribution in [0.5, 0.6) is 0 Å². The zero-order chi connectivity index (χ0) is 17.4. The van der Waals surface area contributed by atoms with E-state index in [1.165, 1.54) is 6.92 Å². The Bertz CT molecular complexity index is 724. The Balaban J connectivity index is 1.90. The number of rotatable bonds is 7. The molecule has 2 aromatic rings. The zero-order valence-electron chi connectivity index (χ0n) is 13.4. The highest BCUT2D eigenvalue weighted by Gasteiger charge is 2.22. The number of benzene rings is 2. The Labute approximate surface area is 139 Å². The number of hydrogen-bond donors (Lipinski definition) is 0. The monoisotopic (exact) mass is 327 g/mol. The predicted molar refractivity (Wildman–Crippen MR) is 90.3 cm³/mol. The van der Waals surface area contributed by atoms with Crippen LogP contribution >= 0.6 is 0 Å². The fourth-order valence-electron chi connectivity index (χ4n) is 2.13. The van der Waals surface area contributed by atoms with Gasteiger partial charge in [0.15, 0.2) is 0 Å². The lowest BCUT2D eigenvalue weighted by molar-refractivity contribution is 0.0424. The minimum Gasteiger partial charge on any atom is -0.462 e. The standard InChI is InChI=1S/C18H18FN3O2/c1-18(19,13-21-22-20)11-12-24-17(23)16-9-7-15(8-10-16)14-5-3-2-4-6-14/h2-10H,11-13H2,1H3. The number of ether oxygens (including phenoxy) is 1. The molecule has 0 N–H and O–H groups in total. The molecular formula is C18H18FN3O2. The highest BCUT2D eigenvalue weighted by molar-refractivity contribution is 5.90. The first kappa shape index (κ1) is 17.5. The molecule has 0 amide bonds. The molecule has 0 saturated carbocycles. The molecule has 124 valence electrons. The van der Waals surface area contributed by atoms with Crippen molar-refractivity contribution in [1.82, 2.24) is 0 Å². The molecule has 0 aliphatic rings. The van der Waals surface area contributed by atoms with Crippen molar-refractivity contribution in [3.05, 3.63) is 70.6 Å². The van der Waals surface area contributed by atoms with Gasteiger partial charge in [-0.1, -0.05) is 47.6 Å². The van der Waals surface area contributed by atoms with E-state index >= 15 is 0 Å². The Morgan fingerprint density at radius 1 is 1.17 bits per heavy atom. The molecule has 24 heavy (non-hydrogen) atoms. The van der Waals surface area contributed by atoms with Crippen LogP contribution in [0.4, 0.5) is 4.39 Å². The summed E-state index contributed by atoms with van der Waals surface area (Å²) in [6.45, 7) is 0.949. The lowest BCUT2D eigenvalue weighted by atomic mass is 10.0. The van der Waals surface area contributed by atoms with Crippen LogP contribution in [0, 0.1) is 0 Å². The molecule has 0 aromatic heterocycles. The van der Waals surface area contributed by atoms with Crippen molar-refractivity contribution >= 4 is 5.97 Å². The van der Waals surface area contributed by atoms with Crippen molar-refractivity contribution in [2.45, 2.75) is 19.0 Å². The second-order valence-electron chi connectivity index (χ2n) is 5.63. The Morgan fingerprint density at radius 2 is 1.79 bits per heavy atom. The van der Waals surface area contributed by atoms with Crippen molar-refractivity contribution in [3.63, 3.8) is 0 Å². The summed E-state index contributed by atoms with van der Waals surface area (Å²) in [5, 5.41) is 3.20. The molecule has 0 aliphatic carbocycles. The number of azide groups is 1. The van der Waals surface area contributed by atoms with E-state index in [-0.39, 0.29) is 19.6 Å². The summed E-state index contributed by atoms with van der Waals surface area (Å²) in [6.07, 6.45) is -0.0279. The molecule has 0 radical (unpaired) electrons. The first-order chi connectivity index (χ1) is 11.5. The van der Waals surface area contributed by atoms with Crippen LogP contribution < -0.4 is 0 Å². The highest BCUT2D eigenvalue weighted by atomic mass is 19.1. The molecule has 0 heterocycles. The topological polar surface area (TPSA) is 75.1 Å². The highest BCUT2D eigenvalue weighted by Crippen LogP contribution is 2.20. The van der Waals surface area contributed by atoms with E-state index in [9.17, 15) is 9.18 Å². The van der Waals surface area contributed by atoms with Gasteiger partial charge in [-0.2, -0.15) is 0 Å². The van der Waals surface area contributed by atoms with Crippen LogP contribution in [-0.2, 0) is 4.74 Å². The van der Waals surface area contributed by atoms with Gasteiger partial charge in [0, 0.05) is 11.3 Å². The van der Waals surface area contributed by atoms with Crippen molar-refractivity contribution in [1.29, 1.82) is 0 Å². The molecule has 0 aliphatic heterocycles. The maximum absolute atomic E-state index is 13.9. The summed E-state index contributed by atoms with van der Waals surface area (Å²) >= 11 is 0. The minimum absolute atomic E-state index is 0.0279. The molecule has 0 spiro atoms. The van der Waals surface area contributed by atoms with Crippen molar-refractivity contribution in [3.8, 4) is 11.1 Å². The number of carbonyl (C=O) groups is 1. The summed E-state index contributed by atoms with van der Waals surface area (Å²) in [4.78, 5) is 14.5. The number of nitrogens with zero attached hydrogens (tertiary/aromatic N) is 3. The van der Waals surface area contributed by atoms with Crippen LogP contribution in [0.3, 0.4) is 0 Å². The van der Waals surface area contributed by atoms with E-state index in [2.05, 4.69) is 10.0 Å². The van der Waals surface area contributed by atoms with E-state index < -0.39 is 11.6 Å². The fourth-order valence-corrected chi connectivity index (χ4v) is 2.13. The van der Waals surface area contributed by atoms with Gasteiger partial charge in [-0.15, -0.1) is 0 Å². The number of alkyl halides is 1. The molecule has 5 nitrogen and oxygen atoms in total. The SMILES string of the molecule is CC(F)(CCOC(=O)c1ccc(-c2ccccc2)cc1)CN=[N+]=[N-]. The van der Waals surface area contributed by atoms with Crippen molar-refractivity contribution in [2.75, 3.05) is 13.2 Å². The van der Waals surface area contributed by atoms with Gasteiger partial charge in [-0.05, 0) is 35.7 Å². The third-order valence-electron chi connectivity index (χ3n) is 3.55. The van der Waals surface area contributed by atoms with Crippen LogP contribution in [0.1, 0.15) is 23.7 Å². The second kappa shape index (κ2) is 8.13. The molecule has 0 saturated heterocycles. The van der Waals surface area contributed by atoms with E-state index in [1.807, 2.05) is 42.5 Å². The first-order valence-electron chi connectivity index (χ1n) is 7.54. The molecule has 1 unspecified atom stereocenters. The van der Waals surface area contributed by atoms with Crippen molar-refractivity contribution < 1.29 is 13.9 Å². The molecule has 2 aromatic carbocycles. The Kier molecular flexibility index (Phi) is 5.93. The third-order valence-corrected chi connectivity index (χ3v) is 3.55. The van der Waals surface area contributed by atoms with E-state index in [0.717, 1.165) is 11.1 Å². The number of hydrogen-bond acceptors (Lipinski definition) is 3. The zero-order valence-corrected chi connectivity index (χ0v) is 13.4. The van der Waals surface area contributed by atoms with E-state index in [0.29, 0.717) is 5.56 Å². The second-order valence-corrected chi connectivity index (χ2v) is 5.63. The smallest absolute Gasteiger partial charge is 0.338 e. The summed E-state index contributed by atoms with van der Waals surface area (Å²) < 4.78 is 19.0. The quantitative estimate of drug-likeness (QED) is 0.312. The van der Waals surface area contributed by atoms with E-state index in [4.69, 9.17) is 10.3 Å². The Morgan fingerprint density at radius 3 is 2.42 bits per heavy atom. The lowest BCUT2D eigenvalue weighted by Gasteiger charge is -2.17. The Hall–Kier alpha value is -2.85. The fraction of sp³-hybridized carbons (Fsp3) is 0.278. The molecule has 1 atom stereocenters. The number of carbonyl (C=O) groups excluding carboxylic acids is 1. The van der Waals surface area contributed by atoms with Gasteiger partial charge in [0.1, 0.15) is 5.67 Å². The van der Waals surface area contributed by atoms with E-state index in [1.54, 1.807) is 12.1 Å². The third kappa shape index (κ3) is 5.11. The van der Waals surface area contributed by atoms with Gasteiger partial charge in [0.2, 0.25) is 0 Å². The van der Waals surface area contributed by atoms with Crippen LogP contribution in [-0.4, -0.2) is 24.8 Å². The number of esters is 1. The molecular weight excluding hydrogens is 309 g/mol. The summed E-state index contributed by atoms with van der Waals surface area (Å²) in [6, 6.07) is 16.8. The van der Waals surface area contributed by atoms with Gasteiger partial charge in [0.05, 0.1) is 18.7 Å². The normalized spacial score (nSPS) is 12.8. The molecule has 6 heteroatoms. The average molecular weight is 327 g/mol.